The minimum atomic E-state index is 0.793. The maximum atomic E-state index is 4.00. The Morgan fingerprint density at radius 1 is 1.44 bits per heavy atom. The van der Waals surface area contributed by atoms with Crippen LogP contribution in [0.1, 0.15) is 5.56 Å². The van der Waals surface area contributed by atoms with Gasteiger partial charge in [-0.2, -0.15) is 0 Å². The Balaban J connectivity index is 2.14. The summed E-state index contributed by atoms with van der Waals surface area (Å²) < 4.78 is 2.58. The second kappa shape index (κ2) is 3.59. The lowest BCUT2D eigenvalue weighted by atomic mass is 10.1. The Morgan fingerprint density at radius 3 is 3.06 bits per heavy atom. The lowest BCUT2D eigenvalue weighted by Crippen LogP contribution is -1.94. The van der Waals surface area contributed by atoms with E-state index in [2.05, 4.69) is 49.8 Å². The molecule has 1 aliphatic rings. The molecule has 82 valence electrons. The summed E-state index contributed by atoms with van der Waals surface area (Å²) in [6.45, 7) is 1.03. The van der Waals surface area contributed by atoms with Gasteiger partial charge >= 0.3 is 0 Å². The highest BCUT2D eigenvalue weighted by atomic mass is 79.9. The topological polar surface area (TPSA) is 42.7 Å². The first kappa shape index (κ1) is 9.84. The summed E-state index contributed by atoms with van der Waals surface area (Å²) in [5.41, 5.74) is 4.79. The summed E-state index contributed by atoms with van der Waals surface area (Å²) in [5, 5.41) is 11.3. The first-order chi connectivity index (χ1) is 7.75. The van der Waals surface area contributed by atoms with Crippen LogP contribution in [-0.4, -0.2) is 21.5 Å². The second-order valence-corrected chi connectivity index (χ2v) is 4.65. The molecule has 0 radical (unpaired) electrons. The zero-order valence-electron chi connectivity index (χ0n) is 8.87. The van der Waals surface area contributed by atoms with Gasteiger partial charge in [0.2, 0.25) is 0 Å². The van der Waals surface area contributed by atoms with E-state index in [1.54, 1.807) is 4.68 Å². The molecular weight excluding hydrogens is 268 g/mol. The Labute approximate surface area is 102 Å². The summed E-state index contributed by atoms with van der Waals surface area (Å²) in [6, 6.07) is 6.43. The minimum absolute atomic E-state index is 0.793. The number of nitrogens with zero attached hydrogens (tertiary/aromatic N) is 3. The number of aromatic nitrogens is 3. The van der Waals surface area contributed by atoms with Crippen LogP contribution in [0.5, 0.6) is 0 Å². The summed E-state index contributed by atoms with van der Waals surface area (Å²) in [5.74, 6) is 0. The van der Waals surface area contributed by atoms with Crippen molar-refractivity contribution >= 4 is 21.6 Å². The van der Waals surface area contributed by atoms with E-state index in [0.717, 1.165) is 28.8 Å². The summed E-state index contributed by atoms with van der Waals surface area (Å²) in [4.78, 5) is 0. The highest BCUT2D eigenvalue weighted by molar-refractivity contribution is 9.10. The zero-order chi connectivity index (χ0) is 11.1. The third kappa shape index (κ3) is 1.43. The Hall–Kier alpha value is -1.36. The first-order valence-electron chi connectivity index (χ1n) is 5.18. The SMILES string of the molecule is Cn1nnc(Br)c1-c1ccc2c(c1)CCN2. The molecule has 2 heterocycles. The number of benzene rings is 1. The fourth-order valence-electron chi connectivity index (χ4n) is 2.09. The van der Waals surface area contributed by atoms with E-state index >= 15 is 0 Å². The van der Waals surface area contributed by atoms with Crippen molar-refractivity contribution in [3.63, 3.8) is 0 Å². The molecule has 0 aliphatic carbocycles. The van der Waals surface area contributed by atoms with Crippen LogP contribution in [-0.2, 0) is 13.5 Å². The normalized spacial score (nSPS) is 13.6. The van der Waals surface area contributed by atoms with Gasteiger partial charge in [-0.15, -0.1) is 5.10 Å². The number of rotatable bonds is 1. The van der Waals surface area contributed by atoms with Crippen LogP contribution in [0.25, 0.3) is 11.3 Å². The Morgan fingerprint density at radius 2 is 2.31 bits per heavy atom. The average molecular weight is 279 g/mol. The average Bonchev–Trinajstić information content (AvgIpc) is 2.85. The number of aryl methyl sites for hydroxylation is 1. The van der Waals surface area contributed by atoms with Gasteiger partial charge < -0.3 is 5.32 Å². The number of hydrogen-bond donors (Lipinski definition) is 1. The van der Waals surface area contributed by atoms with E-state index < -0.39 is 0 Å². The van der Waals surface area contributed by atoms with Gasteiger partial charge in [0.05, 0.1) is 0 Å². The molecule has 0 saturated carbocycles. The molecule has 5 heteroatoms. The van der Waals surface area contributed by atoms with Crippen LogP contribution in [0, 0.1) is 0 Å². The van der Waals surface area contributed by atoms with Crippen LogP contribution in [0.3, 0.4) is 0 Å². The molecule has 3 rings (SSSR count). The van der Waals surface area contributed by atoms with E-state index in [9.17, 15) is 0 Å². The van der Waals surface area contributed by atoms with Crippen molar-refractivity contribution in [2.24, 2.45) is 7.05 Å². The Bertz CT molecular complexity index is 527. The van der Waals surface area contributed by atoms with E-state index in [-0.39, 0.29) is 0 Å². The fraction of sp³-hybridized carbons (Fsp3) is 0.273. The quantitative estimate of drug-likeness (QED) is 0.870. The van der Waals surface area contributed by atoms with E-state index in [4.69, 9.17) is 0 Å². The smallest absolute Gasteiger partial charge is 0.156 e. The molecule has 0 saturated heterocycles. The monoisotopic (exact) mass is 278 g/mol. The predicted molar refractivity (Wildman–Crippen MR) is 66.3 cm³/mol. The molecule has 0 bridgehead atoms. The lowest BCUT2D eigenvalue weighted by molar-refractivity contribution is 0.720. The molecule has 4 nitrogen and oxygen atoms in total. The highest BCUT2D eigenvalue weighted by Crippen LogP contribution is 2.31. The molecule has 16 heavy (non-hydrogen) atoms. The van der Waals surface area contributed by atoms with Gasteiger partial charge in [-0.25, -0.2) is 4.68 Å². The van der Waals surface area contributed by atoms with Crippen molar-refractivity contribution in [3.05, 3.63) is 28.4 Å². The standard InChI is InChI=1S/C11H11BrN4/c1-16-10(11(12)14-15-16)8-2-3-9-7(6-8)4-5-13-9/h2-3,6,13H,4-5H2,1H3. The molecule has 0 amide bonds. The van der Waals surface area contributed by atoms with Crippen molar-refractivity contribution in [2.45, 2.75) is 6.42 Å². The molecule has 1 aromatic heterocycles. The summed E-state index contributed by atoms with van der Waals surface area (Å²) in [7, 11) is 1.90. The molecule has 0 fully saturated rings. The van der Waals surface area contributed by atoms with Crippen molar-refractivity contribution in [1.82, 2.24) is 15.0 Å². The largest absolute Gasteiger partial charge is 0.384 e. The van der Waals surface area contributed by atoms with Crippen LogP contribution < -0.4 is 5.32 Å². The van der Waals surface area contributed by atoms with Crippen LogP contribution >= 0.6 is 15.9 Å². The molecule has 1 aliphatic heterocycles. The number of nitrogens with one attached hydrogen (secondary N) is 1. The highest BCUT2D eigenvalue weighted by Gasteiger charge is 2.14. The molecule has 1 N–H and O–H groups in total. The number of halogens is 1. The van der Waals surface area contributed by atoms with Crippen LogP contribution in [0.2, 0.25) is 0 Å². The van der Waals surface area contributed by atoms with Crippen LogP contribution in [0.4, 0.5) is 5.69 Å². The maximum absolute atomic E-state index is 4.00. The number of fused-ring (bicyclic) bond motifs is 1. The van der Waals surface area contributed by atoms with Gasteiger partial charge in [-0.1, -0.05) is 11.3 Å². The first-order valence-corrected chi connectivity index (χ1v) is 5.97. The van der Waals surface area contributed by atoms with Crippen molar-refractivity contribution < 1.29 is 0 Å². The van der Waals surface area contributed by atoms with Gasteiger partial charge in [-0.3, -0.25) is 0 Å². The van der Waals surface area contributed by atoms with Crippen molar-refractivity contribution in [1.29, 1.82) is 0 Å². The number of anilines is 1. The lowest BCUT2D eigenvalue weighted by Gasteiger charge is -2.05. The minimum Gasteiger partial charge on any atom is -0.384 e. The van der Waals surface area contributed by atoms with Gasteiger partial charge in [0.25, 0.3) is 0 Å². The van der Waals surface area contributed by atoms with E-state index in [1.807, 2.05) is 7.05 Å². The van der Waals surface area contributed by atoms with Gasteiger partial charge in [-0.05, 0) is 40.0 Å². The van der Waals surface area contributed by atoms with Gasteiger partial charge in [0.15, 0.2) is 4.60 Å². The summed E-state index contributed by atoms with van der Waals surface area (Å²) >= 11 is 3.42. The van der Waals surface area contributed by atoms with E-state index in [1.165, 1.54) is 11.3 Å². The molecule has 0 spiro atoms. The maximum Gasteiger partial charge on any atom is 0.156 e. The third-order valence-electron chi connectivity index (χ3n) is 2.87. The molecular formula is C11H11BrN4. The predicted octanol–water partition coefficient (Wildman–Crippen LogP) is 2.21. The molecule has 1 aromatic carbocycles. The fourth-order valence-corrected chi connectivity index (χ4v) is 2.65. The molecule has 0 unspecified atom stereocenters. The molecule has 0 atom stereocenters. The van der Waals surface area contributed by atoms with Crippen molar-refractivity contribution in [2.75, 3.05) is 11.9 Å². The van der Waals surface area contributed by atoms with Crippen molar-refractivity contribution in [3.8, 4) is 11.3 Å². The van der Waals surface area contributed by atoms with Gasteiger partial charge in [0, 0.05) is 24.8 Å². The van der Waals surface area contributed by atoms with Crippen LogP contribution in [0.15, 0.2) is 22.8 Å². The molecule has 2 aromatic rings. The Kier molecular flexibility index (Phi) is 2.21. The second-order valence-electron chi connectivity index (χ2n) is 3.90. The van der Waals surface area contributed by atoms with E-state index in [0.29, 0.717) is 0 Å². The van der Waals surface area contributed by atoms with Gasteiger partial charge in [0.1, 0.15) is 5.69 Å². The number of hydrogen-bond acceptors (Lipinski definition) is 3. The third-order valence-corrected chi connectivity index (χ3v) is 3.41. The zero-order valence-corrected chi connectivity index (χ0v) is 10.5. The summed E-state index contributed by atoms with van der Waals surface area (Å²) in [6.07, 6.45) is 1.09.